The van der Waals surface area contributed by atoms with E-state index in [0.29, 0.717) is 31.2 Å². The zero-order valence-corrected chi connectivity index (χ0v) is 9.84. The van der Waals surface area contributed by atoms with Gasteiger partial charge in [0.2, 0.25) is 5.91 Å². The zero-order chi connectivity index (χ0) is 11.6. The SMILES string of the molecule is CC(=O)Nc1ncc(C2(O)CCOCC2)s1. The highest BCUT2D eigenvalue weighted by molar-refractivity contribution is 7.15. The molecule has 2 rings (SSSR count). The molecule has 2 N–H and O–H groups in total. The van der Waals surface area contributed by atoms with Crippen molar-refractivity contribution in [2.75, 3.05) is 18.5 Å². The number of amides is 1. The lowest BCUT2D eigenvalue weighted by Crippen LogP contribution is -2.32. The zero-order valence-electron chi connectivity index (χ0n) is 9.02. The van der Waals surface area contributed by atoms with E-state index in [2.05, 4.69) is 10.3 Å². The monoisotopic (exact) mass is 242 g/mol. The molecule has 5 nitrogen and oxygen atoms in total. The summed E-state index contributed by atoms with van der Waals surface area (Å²) in [6.07, 6.45) is 2.78. The molecule has 0 saturated carbocycles. The molecule has 0 atom stereocenters. The highest BCUT2D eigenvalue weighted by atomic mass is 32.1. The Bertz CT molecular complexity index is 385. The molecule has 6 heteroatoms. The maximum absolute atomic E-state index is 10.9. The Balaban J connectivity index is 2.13. The fraction of sp³-hybridized carbons (Fsp3) is 0.600. The third-order valence-corrected chi connectivity index (χ3v) is 3.67. The molecular formula is C10H14N2O3S. The van der Waals surface area contributed by atoms with E-state index in [1.54, 1.807) is 6.20 Å². The Labute approximate surface area is 97.5 Å². The Morgan fingerprint density at radius 2 is 2.31 bits per heavy atom. The molecule has 0 bridgehead atoms. The Morgan fingerprint density at radius 3 is 2.94 bits per heavy atom. The van der Waals surface area contributed by atoms with Gasteiger partial charge >= 0.3 is 0 Å². The first-order valence-corrected chi connectivity index (χ1v) is 5.96. The highest BCUT2D eigenvalue weighted by Crippen LogP contribution is 2.36. The molecule has 0 spiro atoms. The van der Waals surface area contributed by atoms with Crippen LogP contribution in [0.2, 0.25) is 0 Å². The number of hydrogen-bond donors (Lipinski definition) is 2. The van der Waals surface area contributed by atoms with Crippen molar-refractivity contribution in [1.29, 1.82) is 0 Å². The van der Waals surface area contributed by atoms with Gasteiger partial charge in [-0.1, -0.05) is 11.3 Å². The minimum absolute atomic E-state index is 0.153. The summed E-state index contributed by atoms with van der Waals surface area (Å²) >= 11 is 1.32. The number of aliphatic hydroxyl groups is 1. The number of nitrogens with one attached hydrogen (secondary N) is 1. The van der Waals surface area contributed by atoms with Crippen molar-refractivity contribution in [2.24, 2.45) is 0 Å². The van der Waals surface area contributed by atoms with Crippen LogP contribution in [0.15, 0.2) is 6.20 Å². The molecule has 1 aliphatic rings. The number of thiazole rings is 1. The van der Waals surface area contributed by atoms with E-state index in [4.69, 9.17) is 4.74 Å². The van der Waals surface area contributed by atoms with E-state index < -0.39 is 5.60 Å². The van der Waals surface area contributed by atoms with Gasteiger partial charge in [-0.2, -0.15) is 0 Å². The van der Waals surface area contributed by atoms with Crippen LogP contribution >= 0.6 is 11.3 Å². The molecule has 2 heterocycles. The molecule has 1 aromatic rings. The van der Waals surface area contributed by atoms with Gasteiger partial charge in [0.25, 0.3) is 0 Å². The van der Waals surface area contributed by atoms with Crippen LogP contribution in [0, 0.1) is 0 Å². The van der Waals surface area contributed by atoms with Crippen LogP contribution in [-0.2, 0) is 15.1 Å². The van der Waals surface area contributed by atoms with Gasteiger partial charge < -0.3 is 15.2 Å². The first kappa shape index (κ1) is 11.5. The molecule has 0 unspecified atom stereocenters. The summed E-state index contributed by atoms with van der Waals surface area (Å²) in [6.45, 7) is 2.55. The lowest BCUT2D eigenvalue weighted by molar-refractivity contribution is -0.114. The minimum atomic E-state index is -0.841. The summed E-state index contributed by atoms with van der Waals surface area (Å²) in [5.74, 6) is -0.153. The molecule has 1 aliphatic heterocycles. The Morgan fingerprint density at radius 1 is 1.62 bits per heavy atom. The quantitative estimate of drug-likeness (QED) is 0.814. The fourth-order valence-electron chi connectivity index (χ4n) is 1.65. The first-order valence-electron chi connectivity index (χ1n) is 5.14. The average Bonchev–Trinajstić information content (AvgIpc) is 2.67. The number of hydrogen-bond acceptors (Lipinski definition) is 5. The molecule has 1 saturated heterocycles. The smallest absolute Gasteiger partial charge is 0.223 e. The summed E-state index contributed by atoms with van der Waals surface area (Å²) in [5.41, 5.74) is -0.841. The van der Waals surface area contributed by atoms with E-state index in [1.807, 2.05) is 0 Å². The van der Waals surface area contributed by atoms with E-state index in [0.717, 1.165) is 4.88 Å². The van der Waals surface area contributed by atoms with Crippen LogP contribution in [0.5, 0.6) is 0 Å². The first-order chi connectivity index (χ1) is 7.60. The van der Waals surface area contributed by atoms with Crippen molar-refractivity contribution < 1.29 is 14.6 Å². The molecular weight excluding hydrogens is 228 g/mol. The van der Waals surface area contributed by atoms with Crippen LogP contribution in [-0.4, -0.2) is 29.2 Å². The van der Waals surface area contributed by atoms with Gasteiger partial charge in [0.05, 0.1) is 4.88 Å². The van der Waals surface area contributed by atoms with Gasteiger partial charge in [-0.25, -0.2) is 4.98 Å². The van der Waals surface area contributed by atoms with Gasteiger partial charge in [-0.05, 0) is 0 Å². The fourth-order valence-corrected chi connectivity index (χ4v) is 2.66. The minimum Gasteiger partial charge on any atom is -0.384 e. The second kappa shape index (κ2) is 4.48. The van der Waals surface area contributed by atoms with Crippen LogP contribution < -0.4 is 5.32 Å². The number of rotatable bonds is 2. The van der Waals surface area contributed by atoms with Crippen LogP contribution in [0.1, 0.15) is 24.6 Å². The third kappa shape index (κ3) is 2.40. The number of carbonyl (C=O) groups is 1. The van der Waals surface area contributed by atoms with Gasteiger partial charge in [0.15, 0.2) is 5.13 Å². The molecule has 1 amide bonds. The van der Waals surface area contributed by atoms with Crippen LogP contribution in [0.3, 0.4) is 0 Å². The number of anilines is 1. The van der Waals surface area contributed by atoms with Crippen molar-refractivity contribution in [2.45, 2.75) is 25.4 Å². The topological polar surface area (TPSA) is 71.5 Å². The Kier molecular flexibility index (Phi) is 3.22. The van der Waals surface area contributed by atoms with Crippen LogP contribution in [0.25, 0.3) is 0 Å². The van der Waals surface area contributed by atoms with Crippen molar-refractivity contribution in [1.82, 2.24) is 4.98 Å². The molecule has 88 valence electrons. The summed E-state index contributed by atoms with van der Waals surface area (Å²) in [7, 11) is 0. The lowest BCUT2D eigenvalue weighted by atomic mass is 9.93. The van der Waals surface area contributed by atoms with Crippen molar-refractivity contribution >= 4 is 22.4 Å². The Hall–Kier alpha value is -0.980. The lowest BCUT2D eigenvalue weighted by Gasteiger charge is -2.30. The molecule has 1 fully saturated rings. The third-order valence-electron chi connectivity index (χ3n) is 2.57. The van der Waals surface area contributed by atoms with Crippen LogP contribution in [0.4, 0.5) is 5.13 Å². The predicted octanol–water partition coefficient (Wildman–Crippen LogP) is 1.10. The summed E-state index contributed by atoms with van der Waals surface area (Å²) in [4.78, 5) is 15.7. The summed E-state index contributed by atoms with van der Waals surface area (Å²) in [6, 6.07) is 0. The predicted molar refractivity (Wildman–Crippen MR) is 60.4 cm³/mol. The number of carbonyl (C=O) groups excluding carboxylic acids is 1. The van der Waals surface area contributed by atoms with Crippen molar-refractivity contribution in [3.05, 3.63) is 11.1 Å². The van der Waals surface area contributed by atoms with Crippen molar-refractivity contribution in [3.8, 4) is 0 Å². The van der Waals surface area contributed by atoms with E-state index >= 15 is 0 Å². The number of nitrogens with zero attached hydrogens (tertiary/aromatic N) is 1. The standard InChI is InChI=1S/C10H14N2O3S/c1-7(13)12-9-11-6-8(16-9)10(14)2-4-15-5-3-10/h6,14H,2-5H2,1H3,(H,11,12,13). The van der Waals surface area contributed by atoms with E-state index in [1.165, 1.54) is 18.3 Å². The second-order valence-corrected chi connectivity index (χ2v) is 4.89. The molecule has 0 aromatic carbocycles. The number of ether oxygens (including phenoxy) is 1. The summed E-state index contributed by atoms with van der Waals surface area (Å²) in [5, 5.41) is 13.5. The van der Waals surface area contributed by atoms with E-state index in [9.17, 15) is 9.90 Å². The van der Waals surface area contributed by atoms with Gasteiger partial charge in [-0.15, -0.1) is 0 Å². The summed E-state index contributed by atoms with van der Waals surface area (Å²) < 4.78 is 5.21. The van der Waals surface area contributed by atoms with Gasteiger partial charge in [-0.3, -0.25) is 4.79 Å². The number of aromatic nitrogens is 1. The maximum Gasteiger partial charge on any atom is 0.223 e. The average molecular weight is 242 g/mol. The maximum atomic E-state index is 10.9. The molecule has 0 aliphatic carbocycles. The molecule has 16 heavy (non-hydrogen) atoms. The highest BCUT2D eigenvalue weighted by Gasteiger charge is 2.33. The normalized spacial score (nSPS) is 19.4. The van der Waals surface area contributed by atoms with Gasteiger partial charge in [0.1, 0.15) is 5.60 Å². The van der Waals surface area contributed by atoms with E-state index in [-0.39, 0.29) is 5.91 Å². The van der Waals surface area contributed by atoms with Gasteiger partial charge in [0, 0.05) is 39.2 Å². The second-order valence-electron chi connectivity index (χ2n) is 3.85. The largest absolute Gasteiger partial charge is 0.384 e. The molecule has 0 radical (unpaired) electrons. The molecule has 1 aromatic heterocycles. The van der Waals surface area contributed by atoms with Crippen molar-refractivity contribution in [3.63, 3.8) is 0 Å².